The number of aryl methyl sites for hydroxylation is 1. The van der Waals surface area contributed by atoms with Gasteiger partial charge in [0.1, 0.15) is 29.6 Å². The zero-order valence-electron chi connectivity index (χ0n) is 21.8. The van der Waals surface area contributed by atoms with E-state index < -0.39 is 21.9 Å². The Hall–Kier alpha value is -3.76. The predicted octanol–water partition coefficient (Wildman–Crippen LogP) is 4.97. The molecule has 0 N–H and O–H groups in total. The summed E-state index contributed by atoms with van der Waals surface area (Å²) < 4.78 is 52.9. The summed E-state index contributed by atoms with van der Waals surface area (Å²) in [6.45, 7) is 0.601. The quantitative estimate of drug-likeness (QED) is 0.275. The van der Waals surface area contributed by atoms with E-state index in [2.05, 4.69) is 4.98 Å². The highest BCUT2D eigenvalue weighted by atomic mass is 32.2. The Morgan fingerprint density at radius 2 is 1.97 bits per heavy atom. The molecule has 1 fully saturated rings. The van der Waals surface area contributed by atoms with Gasteiger partial charge < -0.3 is 14.1 Å². The number of hydrogen-bond donors (Lipinski definition) is 0. The first kappa shape index (κ1) is 26.8. The minimum atomic E-state index is -4.04. The van der Waals surface area contributed by atoms with Crippen LogP contribution < -0.4 is 9.64 Å². The summed E-state index contributed by atoms with van der Waals surface area (Å²) in [7, 11) is -0.178. The van der Waals surface area contributed by atoms with Crippen molar-refractivity contribution in [3.05, 3.63) is 83.8 Å². The highest BCUT2D eigenvalue weighted by molar-refractivity contribution is 7.89. The van der Waals surface area contributed by atoms with Gasteiger partial charge in [0.25, 0.3) is 10.0 Å². The molecule has 2 aromatic heterocycles. The maximum atomic E-state index is 13.6. The topological polar surface area (TPSA) is 93.0 Å². The van der Waals surface area contributed by atoms with Gasteiger partial charge in [0.2, 0.25) is 5.09 Å². The third-order valence-corrected chi connectivity index (χ3v) is 8.59. The third kappa shape index (κ3) is 5.97. The number of furan rings is 1. The van der Waals surface area contributed by atoms with Gasteiger partial charge >= 0.3 is 0 Å². The smallest absolute Gasteiger partial charge is 0.277 e. The molecule has 1 atom stereocenters. The lowest BCUT2D eigenvalue weighted by Crippen LogP contribution is -2.40. The first-order chi connectivity index (χ1) is 18.7. The van der Waals surface area contributed by atoms with Crippen molar-refractivity contribution < 1.29 is 26.8 Å². The number of pyridine rings is 1. The summed E-state index contributed by atoms with van der Waals surface area (Å²) in [5.74, 6) is 0.929. The van der Waals surface area contributed by atoms with Gasteiger partial charge in [-0.3, -0.25) is 4.79 Å². The van der Waals surface area contributed by atoms with Crippen LogP contribution in [-0.2, 0) is 27.8 Å². The number of fused-ring (bicyclic) bond motifs is 1. The van der Waals surface area contributed by atoms with E-state index in [9.17, 15) is 17.6 Å². The van der Waals surface area contributed by atoms with E-state index in [1.165, 1.54) is 28.6 Å². The molecule has 3 heterocycles. The second-order valence-electron chi connectivity index (χ2n) is 9.84. The van der Waals surface area contributed by atoms with E-state index in [0.717, 1.165) is 16.9 Å². The van der Waals surface area contributed by atoms with Crippen LogP contribution in [0.25, 0.3) is 11.0 Å². The van der Waals surface area contributed by atoms with Gasteiger partial charge in [0, 0.05) is 50.3 Å². The molecule has 39 heavy (non-hydrogen) atoms. The molecule has 0 amide bonds. The van der Waals surface area contributed by atoms with Gasteiger partial charge in [0.05, 0.1) is 6.04 Å². The Bertz CT molecular complexity index is 1580. The number of ether oxygens (including phenoxy) is 1. The van der Waals surface area contributed by atoms with Gasteiger partial charge in [-0.1, -0.05) is 18.2 Å². The molecule has 1 aliphatic heterocycles. The molecule has 0 aliphatic carbocycles. The van der Waals surface area contributed by atoms with Crippen LogP contribution >= 0.6 is 0 Å². The minimum Gasteiger partial charge on any atom is -0.489 e. The number of nitrogens with zero attached hydrogens (tertiary/aromatic N) is 3. The Balaban J connectivity index is 1.21. The fraction of sp³-hybridized carbons (Fsp3) is 0.310. The maximum absolute atomic E-state index is 13.6. The fourth-order valence-corrected chi connectivity index (χ4v) is 6.37. The zero-order chi connectivity index (χ0) is 27.6. The highest BCUT2D eigenvalue weighted by Crippen LogP contribution is 2.31. The summed E-state index contributed by atoms with van der Waals surface area (Å²) in [5.41, 5.74) is 2.15. The second-order valence-corrected chi connectivity index (χ2v) is 11.7. The molecule has 1 saturated heterocycles. The molecule has 204 valence electrons. The molecule has 0 spiro atoms. The number of halogens is 1. The predicted molar refractivity (Wildman–Crippen MR) is 146 cm³/mol. The summed E-state index contributed by atoms with van der Waals surface area (Å²) >= 11 is 0. The Labute approximate surface area is 227 Å². The van der Waals surface area contributed by atoms with E-state index in [-0.39, 0.29) is 29.4 Å². The van der Waals surface area contributed by atoms with Crippen molar-refractivity contribution in [2.45, 2.75) is 43.4 Å². The molecule has 8 nitrogen and oxygen atoms in total. The van der Waals surface area contributed by atoms with E-state index in [4.69, 9.17) is 9.15 Å². The van der Waals surface area contributed by atoms with Crippen LogP contribution in [-0.4, -0.2) is 50.2 Å². The number of rotatable bonds is 10. The van der Waals surface area contributed by atoms with Gasteiger partial charge in [-0.15, -0.1) is 0 Å². The lowest BCUT2D eigenvalue weighted by molar-refractivity contribution is -0.122. The van der Waals surface area contributed by atoms with E-state index in [0.29, 0.717) is 37.0 Å². The largest absolute Gasteiger partial charge is 0.489 e. The van der Waals surface area contributed by atoms with Crippen molar-refractivity contribution in [1.29, 1.82) is 0 Å². The molecular formula is C29H30FN3O5S. The molecule has 0 bridgehead atoms. The third-order valence-electron chi connectivity index (χ3n) is 6.83. The lowest BCUT2D eigenvalue weighted by atomic mass is 10.0. The summed E-state index contributed by atoms with van der Waals surface area (Å²) in [6, 6.07) is 15.8. The number of hydrogen-bond acceptors (Lipinski definition) is 7. The van der Waals surface area contributed by atoms with Crippen LogP contribution in [0.4, 0.5) is 10.2 Å². The SMILES string of the molecule is CN(C)c1ccc(COc2cccc(CCC(=O)[C@@H]3CCCN3S(=O)(=O)c3cc4cc(F)ccc4o3)c2)cn1. The number of benzene rings is 2. The van der Waals surface area contributed by atoms with Crippen LogP contribution in [0.3, 0.4) is 0 Å². The summed E-state index contributed by atoms with van der Waals surface area (Å²) in [5, 5.41) is 0.0822. The number of carbonyl (C=O) groups excluding carboxylic acids is 1. The Kier molecular flexibility index (Phi) is 7.67. The number of carbonyl (C=O) groups is 1. The molecular weight excluding hydrogens is 521 g/mol. The van der Waals surface area contributed by atoms with Crippen molar-refractivity contribution in [2.75, 3.05) is 25.5 Å². The van der Waals surface area contributed by atoms with E-state index in [1.807, 2.05) is 55.4 Å². The monoisotopic (exact) mass is 551 g/mol. The highest BCUT2D eigenvalue weighted by Gasteiger charge is 2.40. The zero-order valence-corrected chi connectivity index (χ0v) is 22.7. The Morgan fingerprint density at radius 3 is 2.74 bits per heavy atom. The average Bonchev–Trinajstić information content (AvgIpc) is 3.59. The van der Waals surface area contributed by atoms with Crippen molar-refractivity contribution in [1.82, 2.24) is 9.29 Å². The normalized spacial score (nSPS) is 16.0. The molecule has 0 unspecified atom stereocenters. The van der Waals surface area contributed by atoms with Gasteiger partial charge in [-0.25, -0.2) is 17.8 Å². The van der Waals surface area contributed by atoms with Crippen molar-refractivity contribution >= 4 is 32.6 Å². The minimum absolute atomic E-state index is 0.142. The average molecular weight is 552 g/mol. The number of Topliss-reactive ketones (excluding diaryl/α,β-unsaturated/α-hetero) is 1. The molecule has 0 radical (unpaired) electrons. The second kappa shape index (κ2) is 11.2. The number of aromatic nitrogens is 1. The lowest BCUT2D eigenvalue weighted by Gasteiger charge is -2.21. The maximum Gasteiger partial charge on any atom is 0.277 e. The van der Waals surface area contributed by atoms with Crippen LogP contribution in [0.1, 0.15) is 30.4 Å². The molecule has 1 aliphatic rings. The van der Waals surface area contributed by atoms with Crippen LogP contribution in [0.2, 0.25) is 0 Å². The summed E-state index contributed by atoms with van der Waals surface area (Å²) in [4.78, 5) is 19.5. The van der Waals surface area contributed by atoms with E-state index >= 15 is 0 Å². The van der Waals surface area contributed by atoms with Gasteiger partial charge in [-0.2, -0.15) is 4.31 Å². The first-order valence-corrected chi connectivity index (χ1v) is 14.2. The van der Waals surface area contributed by atoms with Crippen molar-refractivity contribution in [3.8, 4) is 5.75 Å². The molecule has 10 heteroatoms. The fourth-order valence-electron chi connectivity index (χ4n) is 4.74. The number of ketones is 1. The molecule has 2 aromatic carbocycles. The first-order valence-electron chi connectivity index (χ1n) is 12.8. The van der Waals surface area contributed by atoms with Crippen LogP contribution in [0.15, 0.2) is 76.4 Å². The van der Waals surface area contributed by atoms with Crippen molar-refractivity contribution in [2.24, 2.45) is 0 Å². The molecule has 0 saturated carbocycles. The van der Waals surface area contributed by atoms with E-state index in [1.54, 1.807) is 6.20 Å². The van der Waals surface area contributed by atoms with Crippen LogP contribution in [0, 0.1) is 5.82 Å². The molecule has 5 rings (SSSR count). The standard InChI is InChI=1S/C29H30FN3O5S/c1-32(2)28-13-9-21(18-31-28)19-37-24-6-3-5-20(15-24)8-11-26(34)25-7-4-14-33(25)39(35,36)29-17-22-16-23(30)10-12-27(22)38-29/h3,5-6,9-10,12-13,15-18,25H,4,7-8,11,14,19H2,1-2H3/t25-/m0/s1. The van der Waals surface area contributed by atoms with Gasteiger partial charge in [-0.05, 0) is 61.2 Å². The van der Waals surface area contributed by atoms with Gasteiger partial charge in [0.15, 0.2) is 5.78 Å². The van der Waals surface area contributed by atoms with Crippen LogP contribution in [0.5, 0.6) is 5.75 Å². The number of sulfonamides is 1. The van der Waals surface area contributed by atoms with Crippen molar-refractivity contribution in [3.63, 3.8) is 0 Å². The summed E-state index contributed by atoms with van der Waals surface area (Å²) in [6.07, 6.45) is 3.47. The Morgan fingerprint density at radius 1 is 1.13 bits per heavy atom. The number of anilines is 1. The molecule has 4 aromatic rings.